The molecule has 36 heavy (non-hydrogen) atoms. The molecule has 0 aromatic carbocycles. The number of amides is 1. The van der Waals surface area contributed by atoms with E-state index in [-0.39, 0.29) is 35.4 Å². The molecule has 5 heterocycles. The van der Waals surface area contributed by atoms with Crippen molar-refractivity contribution in [1.82, 2.24) is 19.5 Å². The van der Waals surface area contributed by atoms with Crippen molar-refractivity contribution in [3.8, 4) is 0 Å². The number of piperidine rings is 1. The van der Waals surface area contributed by atoms with Crippen LogP contribution in [0.3, 0.4) is 0 Å². The second-order valence-corrected chi connectivity index (χ2v) is 13.9. The number of sulfonamides is 1. The van der Waals surface area contributed by atoms with Crippen molar-refractivity contribution < 1.29 is 28.2 Å². The molecule has 1 aromatic heterocycles. The highest BCUT2D eigenvalue weighted by molar-refractivity contribution is 8.04. The van der Waals surface area contributed by atoms with Gasteiger partial charge in [0.1, 0.15) is 5.70 Å². The lowest BCUT2D eigenvalue weighted by molar-refractivity contribution is -0.163. The fourth-order valence-corrected chi connectivity index (χ4v) is 9.48. The first-order chi connectivity index (χ1) is 17.1. The zero-order valence-electron chi connectivity index (χ0n) is 20.1. The molecule has 3 N–H and O–H groups in total. The number of thiazole rings is 1. The average molecular weight is 555 g/mol. The van der Waals surface area contributed by atoms with Crippen LogP contribution in [0.1, 0.15) is 38.8 Å². The van der Waals surface area contributed by atoms with E-state index in [2.05, 4.69) is 5.32 Å². The van der Waals surface area contributed by atoms with Gasteiger partial charge in [0.25, 0.3) is 0 Å². The number of aliphatic carboxylic acids is 1. The number of fused-ring (bicyclic) bond motifs is 1. The lowest BCUT2D eigenvalue weighted by Crippen LogP contribution is -2.63. The number of carbonyl (C=O) groups is 2. The molecule has 0 aliphatic carbocycles. The Morgan fingerprint density at radius 2 is 2.06 bits per heavy atom. The summed E-state index contributed by atoms with van der Waals surface area (Å²) in [5.74, 6) is -2.43. The Bertz CT molecular complexity index is 1230. The first-order valence-corrected chi connectivity index (χ1v) is 15.4. The van der Waals surface area contributed by atoms with E-state index in [0.717, 1.165) is 24.8 Å². The summed E-state index contributed by atoms with van der Waals surface area (Å²) in [6.07, 6.45) is 3.94. The third kappa shape index (κ3) is 4.43. The van der Waals surface area contributed by atoms with Gasteiger partial charge in [0.05, 0.1) is 29.5 Å². The van der Waals surface area contributed by atoms with E-state index in [0.29, 0.717) is 34.6 Å². The molecule has 4 aliphatic rings. The normalized spacial score (nSPS) is 29.8. The van der Waals surface area contributed by atoms with Crippen LogP contribution in [-0.2, 0) is 19.6 Å². The Labute approximate surface area is 218 Å². The molecule has 2 fully saturated rings. The van der Waals surface area contributed by atoms with Crippen molar-refractivity contribution in [3.05, 3.63) is 27.8 Å². The number of carboxylic acids is 1. The first kappa shape index (κ1) is 25.9. The van der Waals surface area contributed by atoms with Crippen molar-refractivity contribution >= 4 is 50.6 Å². The predicted octanol–water partition coefficient (Wildman–Crippen LogP) is 1.56. The van der Waals surface area contributed by atoms with E-state index in [1.807, 2.05) is 18.4 Å². The SMILES string of the molecule is CC(O)C1C(=O)N2C(C(=O)O)=C(Sc3nc(C4=CCNC4CS(=O)(=O)N4CCCCC4)cs3)C(C)C12. The van der Waals surface area contributed by atoms with E-state index in [4.69, 9.17) is 4.98 Å². The van der Waals surface area contributed by atoms with Crippen LogP contribution in [0.4, 0.5) is 0 Å². The van der Waals surface area contributed by atoms with Crippen LogP contribution >= 0.6 is 23.1 Å². The minimum atomic E-state index is -3.40. The fraction of sp³-hybridized carbons (Fsp3) is 0.609. The molecular formula is C23H30N4O6S3. The lowest BCUT2D eigenvalue weighted by atomic mass is 9.79. The number of aromatic nitrogens is 1. The zero-order chi connectivity index (χ0) is 25.8. The molecule has 1 amide bonds. The van der Waals surface area contributed by atoms with Gasteiger partial charge in [-0.15, -0.1) is 11.3 Å². The van der Waals surface area contributed by atoms with Gasteiger partial charge in [-0.25, -0.2) is 22.5 Å². The van der Waals surface area contributed by atoms with Crippen molar-refractivity contribution in [2.75, 3.05) is 25.4 Å². The van der Waals surface area contributed by atoms with Gasteiger partial charge in [-0.2, -0.15) is 0 Å². The smallest absolute Gasteiger partial charge is 0.353 e. The summed E-state index contributed by atoms with van der Waals surface area (Å²) >= 11 is 2.59. The molecule has 2 saturated heterocycles. The molecule has 5 atom stereocenters. The van der Waals surface area contributed by atoms with Crippen molar-refractivity contribution in [2.45, 2.75) is 55.6 Å². The standard InChI is InChI=1S/C23H30N4O6S3/c1-12-18-17(13(2)28)21(29)27(18)19(22(30)31)20(12)35-23-25-15(10-34-23)14-6-7-24-16(14)11-36(32,33)26-8-4-3-5-9-26/h6,10,12-13,16-18,24,28H,3-5,7-9,11H2,1-2H3,(H,30,31). The summed E-state index contributed by atoms with van der Waals surface area (Å²) in [4.78, 5) is 31.2. The van der Waals surface area contributed by atoms with E-state index in [9.17, 15) is 28.2 Å². The maximum absolute atomic E-state index is 13.0. The van der Waals surface area contributed by atoms with Gasteiger partial charge in [0.15, 0.2) is 4.34 Å². The minimum Gasteiger partial charge on any atom is -0.477 e. The molecule has 10 nitrogen and oxygen atoms in total. The van der Waals surface area contributed by atoms with E-state index in [1.54, 1.807) is 11.2 Å². The van der Waals surface area contributed by atoms with E-state index in [1.165, 1.54) is 28.0 Å². The van der Waals surface area contributed by atoms with Gasteiger partial charge in [-0.1, -0.05) is 31.2 Å². The van der Waals surface area contributed by atoms with Gasteiger partial charge in [0.2, 0.25) is 15.9 Å². The number of nitrogens with zero attached hydrogens (tertiary/aromatic N) is 3. The molecule has 196 valence electrons. The third-order valence-corrected chi connectivity index (χ3v) is 11.6. The minimum absolute atomic E-state index is 0.0241. The number of carboxylic acid groups (broad SMARTS) is 1. The molecule has 4 aliphatic heterocycles. The monoisotopic (exact) mass is 554 g/mol. The van der Waals surface area contributed by atoms with Crippen molar-refractivity contribution in [3.63, 3.8) is 0 Å². The molecule has 5 unspecified atom stereocenters. The van der Waals surface area contributed by atoms with Crippen LogP contribution < -0.4 is 5.32 Å². The van der Waals surface area contributed by atoms with Gasteiger partial charge in [-0.05, 0) is 25.3 Å². The van der Waals surface area contributed by atoms with Gasteiger partial charge in [-0.3, -0.25) is 4.79 Å². The van der Waals surface area contributed by atoms with Crippen LogP contribution in [-0.4, -0.2) is 88.3 Å². The Balaban J connectivity index is 1.33. The molecule has 0 spiro atoms. The topological polar surface area (TPSA) is 140 Å². The summed E-state index contributed by atoms with van der Waals surface area (Å²) in [5, 5.41) is 25.0. The van der Waals surface area contributed by atoms with Crippen LogP contribution in [0.5, 0.6) is 0 Å². The van der Waals surface area contributed by atoms with Crippen LogP contribution in [0.2, 0.25) is 0 Å². The van der Waals surface area contributed by atoms with E-state index >= 15 is 0 Å². The number of rotatable bonds is 8. The fourth-order valence-electron chi connectivity index (χ4n) is 5.64. The largest absolute Gasteiger partial charge is 0.477 e. The van der Waals surface area contributed by atoms with Crippen LogP contribution in [0.15, 0.2) is 26.4 Å². The summed E-state index contributed by atoms with van der Waals surface area (Å²) in [7, 11) is -3.40. The highest BCUT2D eigenvalue weighted by atomic mass is 32.2. The van der Waals surface area contributed by atoms with Gasteiger partial charge >= 0.3 is 5.97 Å². The zero-order valence-corrected chi connectivity index (χ0v) is 22.5. The van der Waals surface area contributed by atoms with Crippen LogP contribution in [0.25, 0.3) is 5.57 Å². The highest BCUT2D eigenvalue weighted by Gasteiger charge is 2.60. The average Bonchev–Trinajstić information content (AvgIpc) is 3.52. The lowest BCUT2D eigenvalue weighted by Gasteiger charge is -2.46. The summed E-state index contributed by atoms with van der Waals surface area (Å²) in [6, 6.07) is -0.737. The number of carbonyl (C=O) groups excluding carboxylic acids is 1. The number of hydrogen-bond acceptors (Lipinski definition) is 9. The molecule has 0 radical (unpaired) electrons. The molecule has 0 bridgehead atoms. The second kappa shape index (κ2) is 9.84. The Kier molecular flexibility index (Phi) is 7.07. The van der Waals surface area contributed by atoms with Gasteiger partial charge in [0, 0.05) is 41.9 Å². The summed E-state index contributed by atoms with van der Waals surface area (Å²) < 4.78 is 28.2. The number of aliphatic hydroxyl groups is 1. The molecular weight excluding hydrogens is 524 g/mol. The van der Waals surface area contributed by atoms with Crippen molar-refractivity contribution in [2.24, 2.45) is 11.8 Å². The maximum atomic E-state index is 13.0. The highest BCUT2D eigenvalue weighted by Crippen LogP contribution is 2.52. The molecule has 1 aromatic rings. The predicted molar refractivity (Wildman–Crippen MR) is 137 cm³/mol. The molecule has 0 saturated carbocycles. The second-order valence-electron chi connectivity index (χ2n) is 9.73. The number of nitrogens with one attached hydrogen (secondary N) is 1. The van der Waals surface area contributed by atoms with Gasteiger partial charge < -0.3 is 20.4 Å². The number of β-lactam (4-membered cyclic amide) rings is 1. The quantitative estimate of drug-likeness (QED) is 0.408. The Morgan fingerprint density at radius 3 is 2.72 bits per heavy atom. The maximum Gasteiger partial charge on any atom is 0.353 e. The number of hydrogen-bond donors (Lipinski definition) is 3. The number of thioether (sulfide) groups is 1. The van der Waals surface area contributed by atoms with Crippen molar-refractivity contribution in [1.29, 1.82) is 0 Å². The Morgan fingerprint density at radius 1 is 1.33 bits per heavy atom. The molecule has 5 rings (SSSR count). The third-order valence-electron chi connectivity index (χ3n) is 7.43. The summed E-state index contributed by atoms with van der Waals surface area (Å²) in [5.41, 5.74) is 1.47. The Hall–Kier alpha value is -1.77. The van der Waals surface area contributed by atoms with E-state index < -0.39 is 28.0 Å². The first-order valence-electron chi connectivity index (χ1n) is 12.1. The van der Waals surface area contributed by atoms with Crippen LogP contribution in [0, 0.1) is 11.8 Å². The summed E-state index contributed by atoms with van der Waals surface area (Å²) in [6.45, 7) is 5.12. The number of aliphatic hydroxyl groups excluding tert-OH is 1. The molecule has 13 heteroatoms.